The van der Waals surface area contributed by atoms with Crippen LogP contribution in [0.4, 0.5) is 5.69 Å². The number of halogens is 2. The number of aromatic nitrogens is 2. The van der Waals surface area contributed by atoms with Gasteiger partial charge < -0.3 is 14.6 Å². The van der Waals surface area contributed by atoms with Gasteiger partial charge in [-0.25, -0.2) is 4.98 Å². The number of carbonyl (C=O) groups excluding carboxylic acids is 2. The van der Waals surface area contributed by atoms with Gasteiger partial charge in [0.15, 0.2) is 0 Å². The number of amides is 2. The molecule has 26 heavy (non-hydrogen) atoms. The Kier molecular flexibility index (Phi) is 5.15. The summed E-state index contributed by atoms with van der Waals surface area (Å²) in [5, 5.41) is 3.29. The fraction of sp³-hybridized carbons (Fsp3) is 0.167. The molecule has 0 aliphatic rings. The van der Waals surface area contributed by atoms with Crippen LogP contribution in [0.5, 0.6) is 0 Å². The topological polar surface area (TPSA) is 66.7 Å². The van der Waals surface area contributed by atoms with Crippen molar-refractivity contribution >= 4 is 46.4 Å². The molecule has 1 aromatic carbocycles. The van der Waals surface area contributed by atoms with Gasteiger partial charge >= 0.3 is 0 Å². The number of rotatable bonds is 4. The van der Waals surface area contributed by atoms with E-state index in [0.717, 1.165) is 5.69 Å². The Morgan fingerprint density at radius 3 is 2.46 bits per heavy atom. The Hall–Kier alpha value is -2.57. The first kappa shape index (κ1) is 18.2. The molecule has 134 valence electrons. The van der Waals surface area contributed by atoms with Crippen LogP contribution in [0, 0.1) is 6.92 Å². The molecule has 0 fully saturated rings. The molecule has 2 amide bonds. The Labute approximate surface area is 160 Å². The summed E-state index contributed by atoms with van der Waals surface area (Å²) < 4.78 is 1.82. The fourth-order valence-corrected chi connectivity index (χ4v) is 3.02. The minimum atomic E-state index is -0.407. The number of benzene rings is 1. The summed E-state index contributed by atoms with van der Waals surface area (Å²) in [4.78, 5) is 30.4. The first-order valence-corrected chi connectivity index (χ1v) is 8.56. The van der Waals surface area contributed by atoms with Crippen molar-refractivity contribution in [1.29, 1.82) is 0 Å². The van der Waals surface area contributed by atoms with Crippen LogP contribution in [0.15, 0.2) is 42.6 Å². The molecule has 0 aliphatic heterocycles. The van der Waals surface area contributed by atoms with E-state index in [1.165, 1.54) is 11.9 Å². The molecule has 0 spiro atoms. The molecule has 2 aromatic heterocycles. The number of carbonyl (C=O) groups is 2. The van der Waals surface area contributed by atoms with E-state index in [0.29, 0.717) is 21.4 Å². The lowest BCUT2D eigenvalue weighted by Gasteiger charge is -2.16. The van der Waals surface area contributed by atoms with E-state index in [-0.39, 0.29) is 18.1 Å². The predicted octanol–water partition coefficient (Wildman–Crippen LogP) is 3.66. The van der Waals surface area contributed by atoms with Crippen LogP contribution >= 0.6 is 23.2 Å². The van der Waals surface area contributed by atoms with Crippen molar-refractivity contribution in [2.75, 3.05) is 18.9 Å². The van der Waals surface area contributed by atoms with Crippen molar-refractivity contribution in [3.63, 3.8) is 0 Å². The number of nitrogens with one attached hydrogen (secondary N) is 1. The van der Waals surface area contributed by atoms with Gasteiger partial charge in [-0.2, -0.15) is 0 Å². The van der Waals surface area contributed by atoms with E-state index in [2.05, 4.69) is 10.3 Å². The summed E-state index contributed by atoms with van der Waals surface area (Å²) in [7, 11) is 1.53. The number of nitrogens with zero attached hydrogens (tertiary/aromatic N) is 3. The highest BCUT2D eigenvalue weighted by atomic mass is 35.5. The fourth-order valence-electron chi connectivity index (χ4n) is 2.53. The summed E-state index contributed by atoms with van der Waals surface area (Å²) in [5.74, 6) is -0.760. The maximum Gasteiger partial charge on any atom is 0.274 e. The molecule has 0 unspecified atom stereocenters. The highest BCUT2D eigenvalue weighted by Crippen LogP contribution is 2.29. The van der Waals surface area contributed by atoms with Gasteiger partial charge in [0, 0.05) is 18.9 Å². The third-order valence-electron chi connectivity index (χ3n) is 3.87. The normalized spacial score (nSPS) is 10.8. The largest absolute Gasteiger partial charge is 0.331 e. The predicted molar refractivity (Wildman–Crippen MR) is 102 cm³/mol. The third kappa shape index (κ3) is 3.66. The third-order valence-corrected chi connectivity index (χ3v) is 4.50. The molecule has 6 nitrogen and oxygen atoms in total. The zero-order valence-corrected chi connectivity index (χ0v) is 15.7. The van der Waals surface area contributed by atoms with E-state index in [4.69, 9.17) is 23.2 Å². The number of imidazole rings is 1. The number of para-hydroxylation sites is 1. The van der Waals surface area contributed by atoms with Gasteiger partial charge in [0.25, 0.3) is 5.91 Å². The quantitative estimate of drug-likeness (QED) is 0.738. The second kappa shape index (κ2) is 7.35. The standard InChI is InChI=1S/C18H16Cl2N4O2/c1-11-5-3-8-15-21-14(9-24(11)15)18(26)23(2)10-16(25)22-17-12(19)6-4-7-13(17)20/h3-9H,10H2,1-2H3,(H,22,25). The number of anilines is 1. The molecule has 0 radical (unpaired) electrons. The lowest BCUT2D eigenvalue weighted by molar-refractivity contribution is -0.116. The number of aryl methyl sites for hydroxylation is 1. The monoisotopic (exact) mass is 390 g/mol. The molecule has 0 saturated carbocycles. The molecule has 0 saturated heterocycles. The number of fused-ring (bicyclic) bond motifs is 1. The summed E-state index contributed by atoms with van der Waals surface area (Å²) in [6.07, 6.45) is 1.66. The smallest absolute Gasteiger partial charge is 0.274 e. The number of pyridine rings is 1. The second-order valence-electron chi connectivity index (χ2n) is 5.83. The van der Waals surface area contributed by atoms with Gasteiger partial charge in [0.1, 0.15) is 11.3 Å². The maximum atomic E-state index is 12.6. The van der Waals surface area contributed by atoms with Gasteiger partial charge in [-0.1, -0.05) is 35.3 Å². The molecule has 0 bridgehead atoms. The molecular weight excluding hydrogens is 375 g/mol. The molecule has 3 rings (SSSR count). The molecule has 1 N–H and O–H groups in total. The van der Waals surface area contributed by atoms with E-state index >= 15 is 0 Å². The SMILES string of the molecule is Cc1cccc2nc(C(=O)N(C)CC(=O)Nc3c(Cl)cccc3Cl)cn12. The average molecular weight is 391 g/mol. The van der Waals surface area contributed by atoms with Gasteiger partial charge in [-0.3, -0.25) is 9.59 Å². The van der Waals surface area contributed by atoms with Crippen LogP contribution in [-0.2, 0) is 4.79 Å². The molecule has 2 heterocycles. The van der Waals surface area contributed by atoms with E-state index in [9.17, 15) is 9.59 Å². The van der Waals surface area contributed by atoms with E-state index in [1.54, 1.807) is 24.4 Å². The number of likely N-dealkylation sites (N-methyl/N-ethyl adjacent to an activating group) is 1. The highest BCUT2D eigenvalue weighted by Gasteiger charge is 2.19. The zero-order valence-electron chi connectivity index (χ0n) is 14.2. The van der Waals surface area contributed by atoms with Crippen LogP contribution in [0.1, 0.15) is 16.2 Å². The van der Waals surface area contributed by atoms with Crippen molar-refractivity contribution in [3.8, 4) is 0 Å². The molecule has 8 heteroatoms. The maximum absolute atomic E-state index is 12.6. The minimum Gasteiger partial charge on any atom is -0.331 e. The number of hydrogen-bond acceptors (Lipinski definition) is 3. The Balaban J connectivity index is 1.72. The van der Waals surface area contributed by atoms with E-state index < -0.39 is 5.91 Å². The molecule has 3 aromatic rings. The first-order valence-electron chi connectivity index (χ1n) is 7.81. The van der Waals surface area contributed by atoms with Crippen molar-refractivity contribution in [3.05, 3.63) is 64.0 Å². The molecular formula is C18H16Cl2N4O2. The second-order valence-corrected chi connectivity index (χ2v) is 6.64. The van der Waals surface area contributed by atoms with Crippen molar-refractivity contribution in [1.82, 2.24) is 14.3 Å². The summed E-state index contributed by atoms with van der Waals surface area (Å²) in [6.45, 7) is 1.76. The molecule has 0 atom stereocenters. The van der Waals surface area contributed by atoms with Gasteiger partial charge in [0.2, 0.25) is 5.91 Å². The van der Waals surface area contributed by atoms with Crippen molar-refractivity contribution in [2.24, 2.45) is 0 Å². The lowest BCUT2D eigenvalue weighted by Crippen LogP contribution is -2.35. The van der Waals surface area contributed by atoms with Gasteiger partial charge in [-0.05, 0) is 31.2 Å². The van der Waals surface area contributed by atoms with Crippen LogP contribution in [0.3, 0.4) is 0 Å². The summed E-state index contributed by atoms with van der Waals surface area (Å²) >= 11 is 12.1. The van der Waals surface area contributed by atoms with Crippen LogP contribution < -0.4 is 5.32 Å². The van der Waals surface area contributed by atoms with Crippen LogP contribution in [0.2, 0.25) is 10.0 Å². The average Bonchev–Trinajstić information content (AvgIpc) is 3.03. The van der Waals surface area contributed by atoms with Gasteiger partial charge in [0.05, 0.1) is 22.3 Å². The summed E-state index contributed by atoms with van der Waals surface area (Å²) in [6, 6.07) is 10.5. The molecule has 0 aliphatic carbocycles. The van der Waals surface area contributed by atoms with Crippen molar-refractivity contribution < 1.29 is 9.59 Å². The lowest BCUT2D eigenvalue weighted by atomic mass is 10.3. The first-order chi connectivity index (χ1) is 12.4. The van der Waals surface area contributed by atoms with Gasteiger partial charge in [-0.15, -0.1) is 0 Å². The highest BCUT2D eigenvalue weighted by molar-refractivity contribution is 6.39. The minimum absolute atomic E-state index is 0.159. The Bertz CT molecular complexity index is 980. The van der Waals surface area contributed by atoms with Crippen LogP contribution in [0.25, 0.3) is 5.65 Å². The summed E-state index contributed by atoms with van der Waals surface area (Å²) in [5.41, 5.74) is 2.23. The Morgan fingerprint density at radius 1 is 1.15 bits per heavy atom. The zero-order chi connectivity index (χ0) is 18.8. The number of hydrogen-bond donors (Lipinski definition) is 1. The van der Waals surface area contributed by atoms with Crippen LogP contribution in [-0.4, -0.2) is 39.7 Å². The van der Waals surface area contributed by atoms with E-state index in [1.807, 2.05) is 29.5 Å². The van der Waals surface area contributed by atoms with Crippen molar-refractivity contribution in [2.45, 2.75) is 6.92 Å². The Morgan fingerprint density at radius 2 is 1.81 bits per heavy atom.